The molecule has 0 aliphatic heterocycles. The van der Waals surface area contributed by atoms with Crippen molar-refractivity contribution < 1.29 is 41.4 Å². The molecule has 32 heavy (non-hydrogen) atoms. The average Bonchev–Trinajstić information content (AvgIpc) is 2.67. The third kappa shape index (κ3) is 8.35. The van der Waals surface area contributed by atoms with Gasteiger partial charge in [0.2, 0.25) is 10.0 Å². The third-order valence-electron chi connectivity index (χ3n) is 3.83. The van der Waals surface area contributed by atoms with E-state index in [2.05, 4.69) is 4.72 Å². The Hall–Kier alpha value is -3.45. The number of nitrogens with one attached hydrogen (secondary N) is 2. The summed E-state index contributed by atoms with van der Waals surface area (Å²) in [5, 5.41) is 27.3. The van der Waals surface area contributed by atoms with Crippen molar-refractivity contribution in [1.29, 1.82) is 5.41 Å². The summed E-state index contributed by atoms with van der Waals surface area (Å²) in [7, 11) is -3.93. The number of amidine groups is 1. The number of carboxylic acids is 2. The molecule has 0 aromatic heterocycles. The highest BCUT2D eigenvalue weighted by molar-refractivity contribution is 7.89. The minimum absolute atomic E-state index is 0.0316. The summed E-state index contributed by atoms with van der Waals surface area (Å²) in [4.78, 5) is 19.9. The maximum Gasteiger partial charge on any atom is 0.430 e. The Labute approximate surface area is 181 Å². The summed E-state index contributed by atoms with van der Waals surface area (Å²) in [5.74, 6) is -4.60. The number of carboxylic acid groups (broad SMARTS) is 2. The second-order valence-corrected chi connectivity index (χ2v) is 8.10. The average molecular weight is 473 g/mol. The predicted octanol–water partition coefficient (Wildman–Crippen LogP) is -0.263. The van der Waals surface area contributed by atoms with Gasteiger partial charge in [-0.25, -0.2) is 13.1 Å². The van der Waals surface area contributed by atoms with Gasteiger partial charge in [0.25, 0.3) is 0 Å². The van der Waals surface area contributed by atoms with E-state index in [1.165, 1.54) is 18.2 Å². The van der Waals surface area contributed by atoms with Crippen LogP contribution in [0.4, 0.5) is 13.2 Å². The van der Waals surface area contributed by atoms with Crippen LogP contribution in [0.25, 0.3) is 0 Å². The lowest BCUT2D eigenvalue weighted by atomic mass is 10.0. The smallest absolute Gasteiger partial charge is 0.430 e. The molecule has 13 heteroatoms. The van der Waals surface area contributed by atoms with E-state index in [-0.39, 0.29) is 10.7 Å². The van der Waals surface area contributed by atoms with Gasteiger partial charge in [-0.2, -0.15) is 13.2 Å². The van der Waals surface area contributed by atoms with Crippen LogP contribution in [0.15, 0.2) is 53.4 Å². The number of nitrogens with two attached hydrogens (primary N) is 1. The number of carbonyl (C=O) groups is 2. The molecule has 1 atom stereocenters. The van der Waals surface area contributed by atoms with Crippen molar-refractivity contribution in [2.45, 2.75) is 30.5 Å². The van der Waals surface area contributed by atoms with Gasteiger partial charge in [0, 0.05) is 18.0 Å². The number of halogens is 3. The molecule has 2 rings (SSSR count). The summed E-state index contributed by atoms with van der Waals surface area (Å²) in [6.07, 6.45) is -5.74. The van der Waals surface area contributed by atoms with Gasteiger partial charge in [0.15, 0.2) is 0 Å². The summed E-state index contributed by atoms with van der Waals surface area (Å²) in [6.45, 7) is 1.83. The molecule has 0 saturated heterocycles. The maximum atomic E-state index is 12.5. The maximum absolute atomic E-state index is 12.5. The van der Waals surface area contributed by atoms with Crippen LogP contribution in [-0.2, 0) is 19.6 Å². The Morgan fingerprint density at radius 1 is 1.12 bits per heavy atom. The molecule has 0 fully saturated rings. The molecule has 4 N–H and O–H groups in total. The summed E-state index contributed by atoms with van der Waals surface area (Å²) >= 11 is 0. The topological polar surface area (TPSA) is 176 Å². The van der Waals surface area contributed by atoms with Crippen LogP contribution in [0.5, 0.6) is 0 Å². The lowest BCUT2D eigenvalue weighted by Crippen LogP contribution is -2.37. The third-order valence-corrected chi connectivity index (χ3v) is 5.32. The molecule has 1 unspecified atom stereocenters. The van der Waals surface area contributed by atoms with Gasteiger partial charge in [-0.05, 0) is 30.7 Å². The molecular formula is C19H18F3N3O6S-2. The first-order chi connectivity index (χ1) is 14.6. The fourth-order valence-corrected chi connectivity index (χ4v) is 3.51. The Balaban J connectivity index is 0.000000633. The number of carbonyl (C=O) groups excluding carboxylic acids is 2. The zero-order valence-corrected chi connectivity index (χ0v) is 17.3. The van der Waals surface area contributed by atoms with E-state index in [0.29, 0.717) is 11.1 Å². The van der Waals surface area contributed by atoms with Gasteiger partial charge in [-0.1, -0.05) is 35.9 Å². The second-order valence-electron chi connectivity index (χ2n) is 6.39. The van der Waals surface area contributed by atoms with Crippen LogP contribution >= 0.6 is 0 Å². The molecule has 2 aromatic rings. The first-order valence-electron chi connectivity index (χ1n) is 8.65. The van der Waals surface area contributed by atoms with Crippen molar-refractivity contribution in [3.8, 4) is 0 Å². The number of sulfonamides is 1. The van der Waals surface area contributed by atoms with Crippen LogP contribution in [0.3, 0.4) is 0 Å². The van der Waals surface area contributed by atoms with E-state index in [9.17, 15) is 31.5 Å². The number of hydrogen-bond acceptors (Lipinski definition) is 7. The number of rotatable bonds is 7. The fraction of sp³-hybridized carbons (Fsp3) is 0.211. The fourth-order valence-electron chi connectivity index (χ4n) is 2.29. The zero-order chi connectivity index (χ0) is 24.7. The number of nitrogen functional groups attached to an aromatic ring is 1. The highest BCUT2D eigenvalue weighted by Gasteiger charge is 2.28. The van der Waals surface area contributed by atoms with Gasteiger partial charge in [0.05, 0.1) is 10.9 Å². The largest absolute Gasteiger partial charge is 0.550 e. The van der Waals surface area contributed by atoms with Crippen LogP contribution in [0.1, 0.15) is 29.2 Å². The Bertz CT molecular complexity index is 1090. The van der Waals surface area contributed by atoms with E-state index in [1.807, 2.05) is 6.92 Å². The van der Waals surface area contributed by atoms with Crippen LogP contribution in [0.2, 0.25) is 0 Å². The van der Waals surface area contributed by atoms with Gasteiger partial charge in [-0.15, -0.1) is 0 Å². The van der Waals surface area contributed by atoms with Crippen LogP contribution < -0.4 is 20.7 Å². The van der Waals surface area contributed by atoms with Crippen molar-refractivity contribution in [3.63, 3.8) is 0 Å². The molecule has 0 radical (unpaired) electrons. The van der Waals surface area contributed by atoms with Crippen molar-refractivity contribution in [2.75, 3.05) is 0 Å². The molecule has 0 bridgehead atoms. The molecule has 174 valence electrons. The number of aliphatic carboxylic acids is 2. The minimum atomic E-state index is -5.19. The summed E-state index contributed by atoms with van der Waals surface area (Å²) in [5.41, 5.74) is 7.09. The van der Waals surface area contributed by atoms with Gasteiger partial charge >= 0.3 is 6.18 Å². The lowest BCUT2D eigenvalue weighted by Gasteiger charge is -2.20. The van der Waals surface area contributed by atoms with E-state index in [1.54, 1.807) is 30.3 Å². The number of hydrogen-bond donors (Lipinski definition) is 3. The molecule has 0 aliphatic carbocycles. The van der Waals surface area contributed by atoms with E-state index >= 15 is 0 Å². The van der Waals surface area contributed by atoms with Crippen molar-refractivity contribution in [2.24, 2.45) is 5.73 Å². The number of benzene rings is 2. The van der Waals surface area contributed by atoms with Crippen molar-refractivity contribution in [1.82, 2.24) is 4.72 Å². The quantitative estimate of drug-likeness (QED) is 0.366. The Morgan fingerprint density at radius 3 is 2.09 bits per heavy atom. The Morgan fingerprint density at radius 2 is 1.66 bits per heavy atom. The monoisotopic (exact) mass is 473 g/mol. The molecule has 0 amide bonds. The molecule has 0 aliphatic rings. The standard InChI is InChI=1S/C17H19N3O4S.C2HF3O2/c1-11-5-7-14(8-6-11)25(23,24)20-15(10-16(21)22)12-3-2-4-13(9-12)17(18)19;3-2(4,5)1(6)7/h2-9,15,20H,10H2,1H3,(H3,18,19)(H,21,22);(H,6,7)/p-2. The minimum Gasteiger partial charge on any atom is -0.550 e. The second kappa shape index (κ2) is 10.7. The van der Waals surface area contributed by atoms with Crippen LogP contribution in [-0.4, -0.2) is 32.4 Å². The first kappa shape index (κ1) is 26.6. The Kier molecular flexibility index (Phi) is 8.91. The van der Waals surface area contributed by atoms with Gasteiger partial charge in [-0.3, -0.25) is 5.41 Å². The van der Waals surface area contributed by atoms with Crippen LogP contribution in [0, 0.1) is 12.3 Å². The lowest BCUT2D eigenvalue weighted by molar-refractivity contribution is -0.344. The normalized spacial score (nSPS) is 12.2. The SMILES string of the molecule is Cc1ccc(S(=O)(=O)NC(CC(=O)[O-])c2cccc(C(=N)N)c2)cc1.O=C([O-])C(F)(F)F. The van der Waals surface area contributed by atoms with Gasteiger partial charge < -0.3 is 25.5 Å². The highest BCUT2D eigenvalue weighted by Crippen LogP contribution is 2.21. The predicted molar refractivity (Wildman–Crippen MR) is 102 cm³/mol. The molecule has 0 heterocycles. The summed E-state index contributed by atoms with van der Waals surface area (Å²) < 4.78 is 59.0. The molecule has 0 spiro atoms. The molecule has 2 aromatic carbocycles. The van der Waals surface area contributed by atoms with Crippen molar-refractivity contribution >= 4 is 27.8 Å². The number of alkyl halides is 3. The molecular weight excluding hydrogens is 455 g/mol. The highest BCUT2D eigenvalue weighted by atomic mass is 32.2. The van der Waals surface area contributed by atoms with Gasteiger partial charge in [0.1, 0.15) is 11.8 Å². The first-order valence-corrected chi connectivity index (χ1v) is 10.1. The van der Waals surface area contributed by atoms with E-state index in [0.717, 1.165) is 5.56 Å². The van der Waals surface area contributed by atoms with E-state index in [4.69, 9.17) is 21.0 Å². The molecule has 0 saturated carbocycles. The van der Waals surface area contributed by atoms with E-state index < -0.39 is 40.6 Å². The zero-order valence-electron chi connectivity index (χ0n) is 16.5. The molecule has 9 nitrogen and oxygen atoms in total. The summed E-state index contributed by atoms with van der Waals surface area (Å²) in [6, 6.07) is 11.4. The number of aryl methyl sites for hydroxylation is 1. The van der Waals surface area contributed by atoms with Crippen molar-refractivity contribution in [3.05, 3.63) is 65.2 Å².